The molecule has 5 nitrogen and oxygen atoms in total. The average molecular weight is 239 g/mol. The lowest BCUT2D eigenvalue weighted by Gasteiger charge is -2.07. The standard InChI is InChI=1S/C10H11F2N5/c1-13-9-7(11)3-8(12)10(16-9)15-6-4-14-17(2)5-6/h3-5H,1-2H3,(H2,13,15,16). The fourth-order valence-corrected chi connectivity index (χ4v) is 1.35. The maximum atomic E-state index is 13.4. The van der Waals surface area contributed by atoms with Crippen LogP contribution in [0.15, 0.2) is 18.5 Å². The molecule has 0 radical (unpaired) electrons. The Morgan fingerprint density at radius 1 is 1.24 bits per heavy atom. The van der Waals surface area contributed by atoms with Gasteiger partial charge in [0.2, 0.25) is 0 Å². The van der Waals surface area contributed by atoms with Gasteiger partial charge in [0.15, 0.2) is 23.3 Å². The number of nitrogens with zero attached hydrogens (tertiary/aromatic N) is 3. The number of hydrogen-bond donors (Lipinski definition) is 2. The van der Waals surface area contributed by atoms with Gasteiger partial charge >= 0.3 is 0 Å². The molecule has 0 saturated heterocycles. The molecular formula is C10H11F2N5. The zero-order chi connectivity index (χ0) is 12.4. The van der Waals surface area contributed by atoms with Gasteiger partial charge in [0, 0.05) is 26.4 Å². The van der Waals surface area contributed by atoms with E-state index in [-0.39, 0.29) is 11.6 Å². The highest BCUT2D eigenvalue weighted by atomic mass is 19.1. The lowest BCUT2D eigenvalue weighted by atomic mass is 10.4. The van der Waals surface area contributed by atoms with Crippen LogP contribution < -0.4 is 10.6 Å². The quantitative estimate of drug-likeness (QED) is 0.858. The summed E-state index contributed by atoms with van der Waals surface area (Å²) in [4.78, 5) is 3.79. The Kier molecular flexibility index (Phi) is 2.90. The SMILES string of the molecule is CNc1nc(Nc2cnn(C)c2)c(F)cc1F. The molecule has 2 aromatic heterocycles. The lowest BCUT2D eigenvalue weighted by molar-refractivity contribution is 0.580. The van der Waals surface area contributed by atoms with Gasteiger partial charge < -0.3 is 10.6 Å². The van der Waals surface area contributed by atoms with Crippen molar-refractivity contribution in [3.63, 3.8) is 0 Å². The summed E-state index contributed by atoms with van der Waals surface area (Å²) in [7, 11) is 3.25. The third-order valence-corrected chi connectivity index (χ3v) is 2.13. The summed E-state index contributed by atoms with van der Waals surface area (Å²) in [5.74, 6) is -1.56. The number of rotatable bonds is 3. The number of halogens is 2. The lowest BCUT2D eigenvalue weighted by Crippen LogP contribution is -2.03. The summed E-state index contributed by atoms with van der Waals surface area (Å²) in [6.07, 6.45) is 3.17. The number of anilines is 3. The van der Waals surface area contributed by atoms with Crippen molar-refractivity contribution in [2.45, 2.75) is 0 Å². The van der Waals surface area contributed by atoms with E-state index < -0.39 is 11.6 Å². The van der Waals surface area contributed by atoms with Crippen LogP contribution in [-0.4, -0.2) is 21.8 Å². The van der Waals surface area contributed by atoms with Crippen molar-refractivity contribution in [3.05, 3.63) is 30.1 Å². The van der Waals surface area contributed by atoms with E-state index in [9.17, 15) is 8.78 Å². The van der Waals surface area contributed by atoms with E-state index >= 15 is 0 Å². The summed E-state index contributed by atoms with van der Waals surface area (Å²) >= 11 is 0. The predicted octanol–water partition coefficient (Wildman–Crippen LogP) is 1.88. The third-order valence-electron chi connectivity index (χ3n) is 2.13. The highest BCUT2D eigenvalue weighted by molar-refractivity contribution is 5.57. The maximum absolute atomic E-state index is 13.4. The largest absolute Gasteiger partial charge is 0.371 e. The molecule has 2 heterocycles. The minimum Gasteiger partial charge on any atom is -0.371 e. The predicted molar refractivity (Wildman–Crippen MR) is 60.2 cm³/mol. The Morgan fingerprint density at radius 3 is 2.53 bits per heavy atom. The van der Waals surface area contributed by atoms with Crippen molar-refractivity contribution < 1.29 is 8.78 Å². The topological polar surface area (TPSA) is 54.8 Å². The van der Waals surface area contributed by atoms with Gasteiger partial charge in [0.25, 0.3) is 0 Å². The zero-order valence-corrected chi connectivity index (χ0v) is 9.33. The molecule has 0 atom stereocenters. The summed E-state index contributed by atoms with van der Waals surface area (Å²) in [5, 5.41) is 9.18. The van der Waals surface area contributed by atoms with Crippen molar-refractivity contribution in [1.29, 1.82) is 0 Å². The van der Waals surface area contributed by atoms with Crippen LogP contribution in [0.1, 0.15) is 0 Å². The van der Waals surface area contributed by atoms with Gasteiger partial charge in [-0.05, 0) is 0 Å². The molecule has 7 heteroatoms. The highest BCUT2D eigenvalue weighted by Crippen LogP contribution is 2.21. The minimum absolute atomic E-state index is 0.0159. The van der Waals surface area contributed by atoms with Gasteiger partial charge in [-0.1, -0.05) is 0 Å². The Morgan fingerprint density at radius 2 is 1.94 bits per heavy atom. The second kappa shape index (κ2) is 4.36. The van der Waals surface area contributed by atoms with E-state index in [0.717, 1.165) is 6.07 Å². The summed E-state index contributed by atoms with van der Waals surface area (Å²) < 4.78 is 28.2. The van der Waals surface area contributed by atoms with Gasteiger partial charge in [-0.15, -0.1) is 0 Å². The first-order valence-corrected chi connectivity index (χ1v) is 4.89. The molecule has 2 aromatic rings. The molecule has 0 saturated carbocycles. The average Bonchev–Trinajstić information content (AvgIpc) is 2.68. The Hall–Kier alpha value is -2.18. The fraction of sp³-hybridized carbons (Fsp3) is 0.200. The van der Waals surface area contributed by atoms with Crippen LogP contribution in [0, 0.1) is 11.6 Å². The van der Waals surface area contributed by atoms with Gasteiger partial charge in [0.05, 0.1) is 11.9 Å². The molecule has 90 valence electrons. The molecule has 2 rings (SSSR count). The number of nitrogens with one attached hydrogen (secondary N) is 2. The van der Waals surface area contributed by atoms with Crippen LogP contribution in [0.3, 0.4) is 0 Å². The monoisotopic (exact) mass is 239 g/mol. The van der Waals surface area contributed by atoms with Crippen molar-refractivity contribution in [3.8, 4) is 0 Å². The second-order valence-corrected chi connectivity index (χ2v) is 3.43. The number of aromatic nitrogens is 3. The molecule has 0 aromatic carbocycles. The zero-order valence-electron chi connectivity index (χ0n) is 9.33. The van der Waals surface area contributed by atoms with Gasteiger partial charge in [-0.2, -0.15) is 5.10 Å². The minimum atomic E-state index is -0.759. The molecule has 17 heavy (non-hydrogen) atoms. The Bertz CT molecular complexity index is 537. The first-order valence-electron chi connectivity index (χ1n) is 4.89. The smallest absolute Gasteiger partial charge is 0.169 e. The van der Waals surface area contributed by atoms with E-state index in [4.69, 9.17) is 0 Å². The van der Waals surface area contributed by atoms with Crippen LogP contribution in [0.4, 0.5) is 26.1 Å². The molecule has 2 N–H and O–H groups in total. The Balaban J connectivity index is 2.32. The number of aryl methyl sites for hydroxylation is 1. The normalized spacial score (nSPS) is 10.4. The number of hydrogen-bond acceptors (Lipinski definition) is 4. The van der Waals surface area contributed by atoms with Crippen molar-refractivity contribution in [2.24, 2.45) is 7.05 Å². The van der Waals surface area contributed by atoms with Gasteiger partial charge in [-0.3, -0.25) is 4.68 Å². The van der Waals surface area contributed by atoms with Crippen LogP contribution in [-0.2, 0) is 7.05 Å². The first-order chi connectivity index (χ1) is 8.10. The first kappa shape index (κ1) is 11.3. The fourth-order valence-electron chi connectivity index (χ4n) is 1.35. The summed E-state index contributed by atoms with van der Waals surface area (Å²) in [5.41, 5.74) is 0.576. The molecule has 0 aliphatic heterocycles. The molecule has 0 fully saturated rings. The maximum Gasteiger partial charge on any atom is 0.169 e. The molecule has 0 amide bonds. The molecule has 0 aliphatic rings. The van der Waals surface area contributed by atoms with E-state index in [2.05, 4.69) is 20.7 Å². The van der Waals surface area contributed by atoms with Crippen LogP contribution in [0.25, 0.3) is 0 Å². The molecule has 0 unspecified atom stereocenters. The van der Waals surface area contributed by atoms with Crippen LogP contribution in [0.2, 0.25) is 0 Å². The van der Waals surface area contributed by atoms with Crippen molar-refractivity contribution in [2.75, 3.05) is 17.7 Å². The molecule has 0 aliphatic carbocycles. The third kappa shape index (κ3) is 2.32. The molecule has 0 bridgehead atoms. The molecular weight excluding hydrogens is 228 g/mol. The summed E-state index contributed by atoms with van der Waals surface area (Å²) in [6, 6.07) is 0.775. The van der Waals surface area contributed by atoms with E-state index in [0.29, 0.717) is 5.69 Å². The van der Waals surface area contributed by atoms with E-state index in [1.54, 1.807) is 17.9 Å². The molecule has 0 spiro atoms. The van der Waals surface area contributed by atoms with Gasteiger partial charge in [0.1, 0.15) is 0 Å². The van der Waals surface area contributed by atoms with E-state index in [1.807, 2.05) is 0 Å². The van der Waals surface area contributed by atoms with Crippen molar-refractivity contribution in [1.82, 2.24) is 14.8 Å². The highest BCUT2D eigenvalue weighted by Gasteiger charge is 2.11. The second-order valence-electron chi connectivity index (χ2n) is 3.43. The van der Waals surface area contributed by atoms with E-state index in [1.165, 1.54) is 13.2 Å². The number of pyridine rings is 1. The summed E-state index contributed by atoms with van der Waals surface area (Å²) in [6.45, 7) is 0. The van der Waals surface area contributed by atoms with Crippen LogP contribution >= 0.6 is 0 Å². The van der Waals surface area contributed by atoms with Crippen molar-refractivity contribution >= 4 is 17.3 Å². The van der Waals surface area contributed by atoms with Crippen LogP contribution in [0.5, 0.6) is 0 Å². The Labute approximate surface area is 96.5 Å². The van der Waals surface area contributed by atoms with Gasteiger partial charge in [-0.25, -0.2) is 13.8 Å².